The SMILES string of the molecule is O=C(c1cccc(Cl)c1)N1CCC(c2nc(-c3c(Cl)cccc3Cl)no2)CC1. The van der Waals surface area contributed by atoms with E-state index in [1.807, 2.05) is 4.90 Å². The summed E-state index contributed by atoms with van der Waals surface area (Å²) in [6.45, 7) is 1.22. The molecular formula is C20H16Cl3N3O2. The Morgan fingerprint density at radius 3 is 2.39 bits per heavy atom. The van der Waals surface area contributed by atoms with Crippen LogP contribution in [0.15, 0.2) is 47.0 Å². The van der Waals surface area contributed by atoms with Crippen molar-refractivity contribution >= 4 is 40.7 Å². The maximum atomic E-state index is 12.6. The Labute approximate surface area is 177 Å². The molecule has 0 saturated carbocycles. The Morgan fingerprint density at radius 2 is 1.71 bits per heavy atom. The first-order valence-electron chi connectivity index (χ1n) is 8.86. The molecule has 0 N–H and O–H groups in total. The van der Waals surface area contributed by atoms with E-state index >= 15 is 0 Å². The summed E-state index contributed by atoms with van der Waals surface area (Å²) in [6.07, 6.45) is 1.48. The van der Waals surface area contributed by atoms with Crippen molar-refractivity contribution < 1.29 is 9.32 Å². The summed E-state index contributed by atoms with van der Waals surface area (Å²) in [6, 6.07) is 12.2. The smallest absolute Gasteiger partial charge is 0.253 e. The van der Waals surface area contributed by atoms with Gasteiger partial charge in [-0.25, -0.2) is 0 Å². The molecule has 144 valence electrons. The molecule has 0 spiro atoms. The summed E-state index contributed by atoms with van der Waals surface area (Å²) in [5, 5.41) is 5.55. The summed E-state index contributed by atoms with van der Waals surface area (Å²) in [4.78, 5) is 19.0. The Hall–Kier alpha value is -2.08. The summed E-state index contributed by atoms with van der Waals surface area (Å²) >= 11 is 18.4. The zero-order valence-electron chi connectivity index (χ0n) is 14.7. The number of halogens is 3. The van der Waals surface area contributed by atoms with Crippen LogP contribution in [0.2, 0.25) is 15.1 Å². The predicted octanol–water partition coefficient (Wildman–Crippen LogP) is 5.72. The lowest BCUT2D eigenvalue weighted by atomic mass is 9.96. The van der Waals surface area contributed by atoms with E-state index in [0.29, 0.717) is 51.0 Å². The van der Waals surface area contributed by atoms with Gasteiger partial charge in [0.25, 0.3) is 5.91 Å². The molecular weight excluding hydrogens is 421 g/mol. The second-order valence-corrected chi connectivity index (χ2v) is 7.88. The zero-order chi connectivity index (χ0) is 19.7. The van der Waals surface area contributed by atoms with E-state index in [4.69, 9.17) is 39.3 Å². The summed E-state index contributed by atoms with van der Waals surface area (Å²) in [5.74, 6) is 0.991. The minimum Gasteiger partial charge on any atom is -0.339 e. The van der Waals surface area contributed by atoms with Gasteiger partial charge in [0.2, 0.25) is 11.7 Å². The molecule has 28 heavy (non-hydrogen) atoms. The van der Waals surface area contributed by atoms with Crippen molar-refractivity contribution in [3.8, 4) is 11.4 Å². The second-order valence-electron chi connectivity index (χ2n) is 6.63. The third kappa shape index (κ3) is 3.88. The molecule has 2 heterocycles. The quantitative estimate of drug-likeness (QED) is 0.527. The Bertz CT molecular complexity index is 993. The maximum absolute atomic E-state index is 12.6. The molecule has 0 radical (unpaired) electrons. The van der Waals surface area contributed by atoms with E-state index in [0.717, 1.165) is 12.8 Å². The number of benzene rings is 2. The fourth-order valence-corrected chi connectivity index (χ4v) is 4.10. The highest BCUT2D eigenvalue weighted by molar-refractivity contribution is 6.38. The third-order valence-electron chi connectivity index (χ3n) is 4.83. The minimum atomic E-state index is -0.0185. The summed E-state index contributed by atoms with van der Waals surface area (Å²) in [5.41, 5.74) is 1.16. The molecule has 1 aromatic heterocycles. The molecule has 1 aliphatic rings. The standard InChI is InChI=1S/C20H16Cl3N3O2/c21-14-4-1-3-13(11-14)20(27)26-9-7-12(8-10-26)19-24-18(25-28-19)17-15(22)5-2-6-16(17)23/h1-6,11-12H,7-10H2. The minimum absolute atomic E-state index is 0.0185. The number of rotatable bonds is 3. The fourth-order valence-electron chi connectivity index (χ4n) is 3.35. The van der Waals surface area contributed by atoms with Gasteiger partial charge in [-0.1, -0.05) is 52.1 Å². The Balaban J connectivity index is 1.45. The second kappa shape index (κ2) is 8.11. The van der Waals surface area contributed by atoms with E-state index in [2.05, 4.69) is 10.1 Å². The van der Waals surface area contributed by atoms with Crippen LogP contribution in [-0.4, -0.2) is 34.0 Å². The number of amides is 1. The average Bonchev–Trinajstić information content (AvgIpc) is 3.17. The van der Waals surface area contributed by atoms with Crippen LogP contribution in [0.4, 0.5) is 0 Å². The van der Waals surface area contributed by atoms with Crippen molar-refractivity contribution in [3.63, 3.8) is 0 Å². The van der Waals surface area contributed by atoms with Crippen molar-refractivity contribution in [2.45, 2.75) is 18.8 Å². The molecule has 0 bridgehead atoms. The maximum Gasteiger partial charge on any atom is 0.253 e. The number of hydrogen-bond acceptors (Lipinski definition) is 4. The largest absolute Gasteiger partial charge is 0.339 e. The monoisotopic (exact) mass is 435 g/mol. The highest BCUT2D eigenvalue weighted by Crippen LogP contribution is 2.35. The topological polar surface area (TPSA) is 59.2 Å². The molecule has 1 fully saturated rings. The van der Waals surface area contributed by atoms with E-state index in [-0.39, 0.29) is 11.8 Å². The van der Waals surface area contributed by atoms with Gasteiger partial charge in [-0.15, -0.1) is 0 Å². The first-order chi connectivity index (χ1) is 13.5. The van der Waals surface area contributed by atoms with Crippen LogP contribution in [0, 0.1) is 0 Å². The highest BCUT2D eigenvalue weighted by atomic mass is 35.5. The first kappa shape index (κ1) is 19.2. The summed E-state index contributed by atoms with van der Waals surface area (Å²) in [7, 11) is 0. The Kier molecular flexibility index (Phi) is 5.58. The third-order valence-corrected chi connectivity index (χ3v) is 5.70. The Morgan fingerprint density at radius 1 is 1.04 bits per heavy atom. The normalized spacial score (nSPS) is 15.0. The van der Waals surface area contributed by atoms with Crippen LogP contribution in [0.3, 0.4) is 0 Å². The van der Waals surface area contributed by atoms with Gasteiger partial charge in [0.1, 0.15) is 0 Å². The van der Waals surface area contributed by atoms with Gasteiger partial charge < -0.3 is 9.42 Å². The van der Waals surface area contributed by atoms with Gasteiger partial charge in [-0.05, 0) is 43.2 Å². The lowest BCUT2D eigenvalue weighted by Gasteiger charge is -2.30. The van der Waals surface area contributed by atoms with Crippen molar-refractivity contribution in [3.05, 3.63) is 69.0 Å². The molecule has 8 heteroatoms. The van der Waals surface area contributed by atoms with Gasteiger partial charge in [0, 0.05) is 29.6 Å². The first-order valence-corrected chi connectivity index (χ1v) is 9.99. The number of hydrogen-bond donors (Lipinski definition) is 0. The van der Waals surface area contributed by atoms with Crippen LogP contribution in [0.1, 0.15) is 35.0 Å². The molecule has 1 aliphatic heterocycles. The number of nitrogens with zero attached hydrogens (tertiary/aromatic N) is 3. The van der Waals surface area contributed by atoms with Gasteiger partial charge in [-0.2, -0.15) is 4.98 Å². The summed E-state index contributed by atoms with van der Waals surface area (Å²) < 4.78 is 5.47. The molecule has 0 atom stereocenters. The van der Waals surface area contributed by atoms with Crippen LogP contribution in [-0.2, 0) is 0 Å². The number of carbonyl (C=O) groups excluding carboxylic acids is 1. The lowest BCUT2D eigenvalue weighted by molar-refractivity contribution is 0.0704. The predicted molar refractivity (Wildman–Crippen MR) is 109 cm³/mol. The van der Waals surface area contributed by atoms with Gasteiger partial charge in [0.15, 0.2) is 0 Å². The molecule has 0 unspecified atom stereocenters. The van der Waals surface area contributed by atoms with Crippen molar-refractivity contribution in [2.24, 2.45) is 0 Å². The highest BCUT2D eigenvalue weighted by Gasteiger charge is 2.28. The molecule has 0 aliphatic carbocycles. The average molecular weight is 437 g/mol. The van der Waals surface area contributed by atoms with E-state index < -0.39 is 0 Å². The van der Waals surface area contributed by atoms with E-state index in [1.165, 1.54) is 0 Å². The molecule has 2 aromatic carbocycles. The molecule has 1 amide bonds. The fraction of sp³-hybridized carbons (Fsp3) is 0.250. The van der Waals surface area contributed by atoms with Crippen molar-refractivity contribution in [1.29, 1.82) is 0 Å². The zero-order valence-corrected chi connectivity index (χ0v) is 17.0. The van der Waals surface area contributed by atoms with Gasteiger partial charge >= 0.3 is 0 Å². The van der Waals surface area contributed by atoms with Crippen molar-refractivity contribution in [1.82, 2.24) is 15.0 Å². The number of carbonyl (C=O) groups is 1. The van der Waals surface area contributed by atoms with E-state index in [9.17, 15) is 4.79 Å². The molecule has 5 nitrogen and oxygen atoms in total. The molecule has 4 rings (SSSR count). The van der Waals surface area contributed by atoms with Crippen LogP contribution >= 0.6 is 34.8 Å². The van der Waals surface area contributed by atoms with Gasteiger partial charge in [-0.3, -0.25) is 4.79 Å². The lowest BCUT2D eigenvalue weighted by Crippen LogP contribution is -2.38. The van der Waals surface area contributed by atoms with Crippen molar-refractivity contribution in [2.75, 3.05) is 13.1 Å². The molecule has 1 saturated heterocycles. The number of likely N-dealkylation sites (tertiary alicyclic amines) is 1. The number of aromatic nitrogens is 2. The van der Waals surface area contributed by atoms with Gasteiger partial charge in [0.05, 0.1) is 15.6 Å². The van der Waals surface area contributed by atoms with Crippen LogP contribution < -0.4 is 0 Å². The molecule has 3 aromatic rings. The van der Waals surface area contributed by atoms with Crippen LogP contribution in [0.25, 0.3) is 11.4 Å². The number of piperidine rings is 1. The van der Waals surface area contributed by atoms with E-state index in [1.54, 1.807) is 42.5 Å². The van der Waals surface area contributed by atoms with Crippen LogP contribution in [0.5, 0.6) is 0 Å².